The molecule has 16 heavy (non-hydrogen) atoms. The zero-order chi connectivity index (χ0) is 12.2. The maximum absolute atomic E-state index is 5.78. The summed E-state index contributed by atoms with van der Waals surface area (Å²) in [6, 6.07) is 2.10. The quantitative estimate of drug-likeness (QED) is 0.631. The van der Waals surface area contributed by atoms with E-state index in [2.05, 4.69) is 31.6 Å². The molecule has 0 saturated carbocycles. The minimum atomic E-state index is -0.0592. The van der Waals surface area contributed by atoms with Gasteiger partial charge < -0.3 is 10.5 Å². The van der Waals surface area contributed by atoms with Crippen LogP contribution in [-0.2, 0) is 4.74 Å². The number of nitrogens with two attached hydrogens (primary N) is 1. The molecule has 0 aliphatic carbocycles. The molecule has 1 aromatic rings. The van der Waals surface area contributed by atoms with E-state index in [1.54, 1.807) is 23.3 Å². The molecule has 0 atom stereocenters. The van der Waals surface area contributed by atoms with E-state index in [0.717, 1.165) is 23.7 Å². The van der Waals surface area contributed by atoms with Crippen LogP contribution in [-0.4, -0.2) is 18.8 Å². The first kappa shape index (κ1) is 13.8. The minimum Gasteiger partial charge on any atom is -0.390 e. The smallest absolute Gasteiger partial charge is 0.0898 e. The van der Waals surface area contributed by atoms with Crippen LogP contribution in [0.2, 0.25) is 0 Å². The normalized spacial score (nSPS) is 12.0. The number of rotatable bonds is 5. The number of ether oxygens (including phenoxy) is 1. The van der Waals surface area contributed by atoms with E-state index in [4.69, 9.17) is 10.5 Å². The van der Waals surface area contributed by atoms with Crippen LogP contribution in [0.25, 0.3) is 0 Å². The molecule has 1 heterocycles. The summed E-state index contributed by atoms with van der Waals surface area (Å²) in [5, 5.41) is 0.898. The van der Waals surface area contributed by atoms with E-state index in [9.17, 15) is 0 Å². The Labute approximate surface area is 106 Å². The summed E-state index contributed by atoms with van der Waals surface area (Å²) in [7, 11) is 0. The molecule has 0 aliphatic heterocycles. The number of thiophene rings is 1. The number of aryl methyl sites for hydroxylation is 1. The van der Waals surface area contributed by atoms with E-state index in [1.807, 2.05) is 6.92 Å². The van der Waals surface area contributed by atoms with Gasteiger partial charge in [-0.3, -0.25) is 4.72 Å². The van der Waals surface area contributed by atoms with Gasteiger partial charge in [0.1, 0.15) is 0 Å². The fraction of sp³-hybridized carbons (Fsp3) is 0.636. The average molecular weight is 260 g/mol. The zero-order valence-electron chi connectivity index (χ0n) is 10.3. The molecule has 0 fully saturated rings. The van der Waals surface area contributed by atoms with Crippen LogP contribution in [0.1, 0.15) is 26.3 Å². The monoisotopic (exact) mass is 260 g/mol. The molecule has 0 bridgehead atoms. The van der Waals surface area contributed by atoms with Gasteiger partial charge >= 0.3 is 0 Å². The molecule has 5 heteroatoms. The molecule has 0 saturated heterocycles. The van der Waals surface area contributed by atoms with Crippen molar-refractivity contribution in [2.24, 2.45) is 0 Å². The molecule has 1 rings (SSSR count). The lowest BCUT2D eigenvalue weighted by Crippen LogP contribution is -2.24. The van der Waals surface area contributed by atoms with Crippen molar-refractivity contribution >= 4 is 28.3 Å². The first-order valence-corrected chi connectivity index (χ1v) is 6.91. The van der Waals surface area contributed by atoms with Gasteiger partial charge in [0, 0.05) is 6.54 Å². The van der Waals surface area contributed by atoms with Crippen LogP contribution < -0.4 is 10.5 Å². The SMILES string of the molecule is Cc1cc(SNCCOC(C)(C)C)sc1N. The molecule has 0 aromatic carbocycles. The molecule has 1 aromatic heterocycles. The average Bonchev–Trinajstić information content (AvgIpc) is 2.44. The highest BCUT2D eigenvalue weighted by Gasteiger charge is 2.09. The van der Waals surface area contributed by atoms with Crippen LogP contribution in [0.4, 0.5) is 5.00 Å². The van der Waals surface area contributed by atoms with Gasteiger partial charge in [-0.25, -0.2) is 0 Å². The van der Waals surface area contributed by atoms with Gasteiger partial charge in [0.05, 0.1) is 21.4 Å². The van der Waals surface area contributed by atoms with Gasteiger partial charge in [0.2, 0.25) is 0 Å². The molecule has 3 nitrogen and oxygen atoms in total. The number of nitrogens with one attached hydrogen (secondary N) is 1. The Morgan fingerprint density at radius 1 is 1.50 bits per heavy atom. The number of hydrogen-bond acceptors (Lipinski definition) is 5. The second-order valence-electron chi connectivity index (χ2n) is 4.57. The van der Waals surface area contributed by atoms with E-state index < -0.39 is 0 Å². The van der Waals surface area contributed by atoms with E-state index in [1.165, 1.54) is 4.21 Å². The van der Waals surface area contributed by atoms with E-state index >= 15 is 0 Å². The second kappa shape index (κ2) is 5.91. The van der Waals surface area contributed by atoms with Crippen molar-refractivity contribution in [2.45, 2.75) is 37.5 Å². The van der Waals surface area contributed by atoms with Crippen molar-refractivity contribution in [3.05, 3.63) is 11.6 Å². The summed E-state index contributed by atoms with van der Waals surface area (Å²) >= 11 is 3.23. The first-order valence-electron chi connectivity index (χ1n) is 5.28. The molecular formula is C11H20N2OS2. The fourth-order valence-corrected chi connectivity index (χ4v) is 2.89. The van der Waals surface area contributed by atoms with Gasteiger partial charge in [-0.2, -0.15) is 0 Å². The summed E-state index contributed by atoms with van der Waals surface area (Å²) < 4.78 is 10.1. The third kappa shape index (κ3) is 5.21. The van der Waals surface area contributed by atoms with Gasteiger partial charge in [-0.1, -0.05) is 0 Å². The van der Waals surface area contributed by atoms with Gasteiger partial charge in [0.25, 0.3) is 0 Å². The second-order valence-corrected chi connectivity index (χ2v) is 6.84. The zero-order valence-corrected chi connectivity index (χ0v) is 11.9. The van der Waals surface area contributed by atoms with E-state index in [0.29, 0.717) is 0 Å². The predicted octanol–water partition coefficient (Wildman–Crippen LogP) is 3.05. The third-order valence-electron chi connectivity index (χ3n) is 1.85. The Morgan fingerprint density at radius 3 is 2.69 bits per heavy atom. The molecule has 0 unspecified atom stereocenters. The Morgan fingerprint density at radius 2 is 2.19 bits per heavy atom. The largest absolute Gasteiger partial charge is 0.390 e. The highest BCUT2D eigenvalue weighted by molar-refractivity contribution is 7.99. The van der Waals surface area contributed by atoms with Crippen LogP contribution >= 0.6 is 23.3 Å². The van der Waals surface area contributed by atoms with Crippen LogP contribution in [0.3, 0.4) is 0 Å². The lowest BCUT2D eigenvalue weighted by molar-refractivity contribution is 0.00100. The van der Waals surface area contributed by atoms with Crippen LogP contribution in [0, 0.1) is 6.92 Å². The highest BCUT2D eigenvalue weighted by atomic mass is 32.2. The Balaban J connectivity index is 2.16. The van der Waals surface area contributed by atoms with Crippen molar-refractivity contribution in [3.8, 4) is 0 Å². The predicted molar refractivity (Wildman–Crippen MR) is 73.0 cm³/mol. The number of anilines is 1. The standard InChI is InChI=1S/C11H20N2OS2/c1-8-7-9(15-10(8)12)16-13-5-6-14-11(2,3)4/h7,13H,5-6,12H2,1-4H3. The topological polar surface area (TPSA) is 47.3 Å². The van der Waals surface area contributed by atoms with Crippen molar-refractivity contribution < 1.29 is 4.74 Å². The third-order valence-corrected chi connectivity index (χ3v) is 3.87. The summed E-state index contributed by atoms with van der Waals surface area (Å²) in [6.45, 7) is 9.75. The van der Waals surface area contributed by atoms with Crippen molar-refractivity contribution in [2.75, 3.05) is 18.9 Å². The molecular weight excluding hydrogens is 240 g/mol. The molecule has 92 valence electrons. The highest BCUT2D eigenvalue weighted by Crippen LogP contribution is 2.30. The van der Waals surface area contributed by atoms with Gasteiger partial charge in [-0.05, 0) is 51.3 Å². The molecule has 3 N–H and O–H groups in total. The summed E-state index contributed by atoms with van der Waals surface area (Å²) in [5.74, 6) is 0. The lowest BCUT2D eigenvalue weighted by atomic mass is 10.2. The fourth-order valence-electron chi connectivity index (χ4n) is 1.04. The summed E-state index contributed by atoms with van der Waals surface area (Å²) in [4.78, 5) is 0. The Kier molecular flexibility index (Phi) is 5.11. The van der Waals surface area contributed by atoms with Crippen LogP contribution in [0.15, 0.2) is 10.3 Å². The maximum Gasteiger partial charge on any atom is 0.0898 e. The summed E-state index contributed by atoms with van der Waals surface area (Å²) in [5.41, 5.74) is 6.87. The van der Waals surface area contributed by atoms with Crippen LogP contribution in [0.5, 0.6) is 0 Å². The minimum absolute atomic E-state index is 0.0592. The molecule has 0 radical (unpaired) electrons. The van der Waals surface area contributed by atoms with Crippen molar-refractivity contribution in [1.29, 1.82) is 0 Å². The summed E-state index contributed by atoms with van der Waals surface area (Å²) in [6.07, 6.45) is 0. The number of nitrogen functional groups attached to an aromatic ring is 1. The first-order chi connectivity index (χ1) is 7.38. The molecule has 0 aliphatic rings. The van der Waals surface area contributed by atoms with Gasteiger partial charge in [0.15, 0.2) is 0 Å². The van der Waals surface area contributed by atoms with Crippen molar-refractivity contribution in [3.63, 3.8) is 0 Å². The molecule has 0 amide bonds. The van der Waals surface area contributed by atoms with Crippen molar-refractivity contribution in [1.82, 2.24) is 4.72 Å². The van der Waals surface area contributed by atoms with E-state index in [-0.39, 0.29) is 5.60 Å². The Hall–Kier alpha value is -0.230. The maximum atomic E-state index is 5.78. The van der Waals surface area contributed by atoms with Gasteiger partial charge in [-0.15, -0.1) is 11.3 Å². The lowest BCUT2D eigenvalue weighted by Gasteiger charge is -2.19. The molecule has 0 spiro atoms. The number of hydrogen-bond donors (Lipinski definition) is 2. The Bertz CT molecular complexity index is 312.